The zero-order chi connectivity index (χ0) is 11.1. The van der Waals surface area contributed by atoms with E-state index in [-0.39, 0.29) is 0 Å². The van der Waals surface area contributed by atoms with Gasteiger partial charge < -0.3 is 4.90 Å². The number of carbonyl (C=O) groups is 1. The molecule has 0 spiro atoms. The minimum Gasteiger partial charge on any atom is -0.342 e. The second-order valence-electron chi connectivity index (χ2n) is 4.42. The molecule has 0 atom stereocenters. The number of nitrogens with zero attached hydrogens (tertiary/aromatic N) is 1. The summed E-state index contributed by atoms with van der Waals surface area (Å²) in [5, 5.41) is 0. The lowest BCUT2D eigenvalue weighted by atomic mass is 9.82. The molecule has 0 radical (unpaired) electrons. The standard InChI is InChI=1S/C12H22ClNO/c1-2-3-8-14(9-7-13)12(15)10-11-5-4-6-11/h11H,2-10H2,1H3. The highest BCUT2D eigenvalue weighted by Gasteiger charge is 2.23. The molecular weight excluding hydrogens is 210 g/mol. The lowest BCUT2D eigenvalue weighted by Crippen LogP contribution is -2.35. The van der Waals surface area contributed by atoms with Gasteiger partial charge in [0.1, 0.15) is 0 Å². The van der Waals surface area contributed by atoms with E-state index in [0.717, 1.165) is 25.8 Å². The number of carbonyl (C=O) groups excluding carboxylic acids is 1. The first-order valence-electron chi connectivity index (χ1n) is 6.11. The molecule has 1 rings (SSSR count). The second-order valence-corrected chi connectivity index (χ2v) is 4.80. The van der Waals surface area contributed by atoms with Crippen molar-refractivity contribution in [3.63, 3.8) is 0 Å². The van der Waals surface area contributed by atoms with Gasteiger partial charge in [0.25, 0.3) is 0 Å². The Balaban J connectivity index is 2.28. The van der Waals surface area contributed by atoms with Crippen LogP contribution in [0.4, 0.5) is 0 Å². The number of hydrogen-bond acceptors (Lipinski definition) is 1. The zero-order valence-electron chi connectivity index (χ0n) is 9.67. The van der Waals surface area contributed by atoms with Gasteiger partial charge in [0.05, 0.1) is 0 Å². The summed E-state index contributed by atoms with van der Waals surface area (Å²) in [4.78, 5) is 13.8. The van der Waals surface area contributed by atoms with E-state index in [4.69, 9.17) is 11.6 Å². The molecule has 1 saturated carbocycles. The lowest BCUT2D eigenvalue weighted by molar-refractivity contribution is -0.132. The van der Waals surface area contributed by atoms with Crippen molar-refractivity contribution in [3.05, 3.63) is 0 Å². The van der Waals surface area contributed by atoms with E-state index in [0.29, 0.717) is 24.2 Å². The van der Waals surface area contributed by atoms with Crippen LogP contribution in [0.5, 0.6) is 0 Å². The molecule has 0 heterocycles. The van der Waals surface area contributed by atoms with E-state index in [1.807, 2.05) is 4.90 Å². The Bertz CT molecular complexity index is 192. The fourth-order valence-electron chi connectivity index (χ4n) is 1.89. The molecule has 1 fully saturated rings. The van der Waals surface area contributed by atoms with E-state index >= 15 is 0 Å². The minimum atomic E-state index is 0.314. The Labute approximate surface area is 98.0 Å². The van der Waals surface area contributed by atoms with Crippen molar-refractivity contribution in [2.45, 2.75) is 45.4 Å². The SMILES string of the molecule is CCCCN(CCCl)C(=O)CC1CCC1. The summed E-state index contributed by atoms with van der Waals surface area (Å²) in [6.45, 7) is 3.75. The molecule has 1 aliphatic carbocycles. The number of hydrogen-bond donors (Lipinski definition) is 0. The van der Waals surface area contributed by atoms with Gasteiger partial charge >= 0.3 is 0 Å². The van der Waals surface area contributed by atoms with Crippen LogP contribution in [0, 0.1) is 5.92 Å². The van der Waals surface area contributed by atoms with Crippen molar-refractivity contribution in [1.82, 2.24) is 4.90 Å². The van der Waals surface area contributed by atoms with Crippen LogP contribution < -0.4 is 0 Å². The van der Waals surface area contributed by atoms with Gasteiger partial charge in [-0.25, -0.2) is 0 Å². The van der Waals surface area contributed by atoms with Gasteiger partial charge in [-0.1, -0.05) is 19.8 Å². The molecule has 1 aliphatic rings. The maximum absolute atomic E-state index is 11.9. The lowest BCUT2D eigenvalue weighted by Gasteiger charge is -2.28. The molecule has 0 saturated heterocycles. The summed E-state index contributed by atoms with van der Waals surface area (Å²) < 4.78 is 0. The third-order valence-corrected chi connectivity index (χ3v) is 3.35. The molecule has 0 aromatic rings. The Morgan fingerprint density at radius 3 is 2.60 bits per heavy atom. The normalized spacial score (nSPS) is 16.1. The molecule has 0 aromatic heterocycles. The fraction of sp³-hybridized carbons (Fsp3) is 0.917. The van der Waals surface area contributed by atoms with E-state index in [2.05, 4.69) is 6.92 Å². The molecule has 0 unspecified atom stereocenters. The van der Waals surface area contributed by atoms with Crippen molar-refractivity contribution in [2.24, 2.45) is 5.92 Å². The topological polar surface area (TPSA) is 20.3 Å². The van der Waals surface area contributed by atoms with E-state index in [9.17, 15) is 4.79 Å². The molecule has 0 aromatic carbocycles. The van der Waals surface area contributed by atoms with Crippen LogP contribution in [0.1, 0.15) is 45.4 Å². The molecular formula is C12H22ClNO. The molecule has 2 nitrogen and oxygen atoms in total. The van der Waals surface area contributed by atoms with E-state index < -0.39 is 0 Å². The summed E-state index contributed by atoms with van der Waals surface area (Å²) >= 11 is 5.71. The van der Waals surface area contributed by atoms with Crippen LogP contribution in [-0.2, 0) is 4.79 Å². The summed E-state index contributed by atoms with van der Waals surface area (Å²) in [5.74, 6) is 1.53. The molecule has 0 aliphatic heterocycles. The first kappa shape index (κ1) is 12.8. The van der Waals surface area contributed by atoms with Gasteiger partial charge in [-0.3, -0.25) is 4.79 Å². The Kier molecular flexibility index (Phi) is 6.07. The van der Waals surface area contributed by atoms with Gasteiger partial charge in [0.2, 0.25) is 5.91 Å². The average molecular weight is 232 g/mol. The molecule has 88 valence electrons. The highest BCUT2D eigenvalue weighted by molar-refractivity contribution is 6.18. The predicted molar refractivity (Wildman–Crippen MR) is 64.2 cm³/mol. The quantitative estimate of drug-likeness (QED) is 0.617. The maximum atomic E-state index is 11.9. The van der Waals surface area contributed by atoms with Crippen LogP contribution >= 0.6 is 11.6 Å². The predicted octanol–water partition coefficient (Wildman–Crippen LogP) is 3.04. The van der Waals surface area contributed by atoms with Gasteiger partial charge in [0, 0.05) is 25.4 Å². The van der Waals surface area contributed by atoms with E-state index in [1.54, 1.807) is 0 Å². The Morgan fingerprint density at radius 1 is 1.40 bits per heavy atom. The highest BCUT2D eigenvalue weighted by Crippen LogP contribution is 2.29. The minimum absolute atomic E-state index is 0.314. The van der Waals surface area contributed by atoms with Crippen molar-refractivity contribution < 1.29 is 4.79 Å². The summed E-state index contributed by atoms with van der Waals surface area (Å²) in [6, 6.07) is 0. The van der Waals surface area contributed by atoms with Crippen LogP contribution in [-0.4, -0.2) is 29.8 Å². The molecule has 1 amide bonds. The Morgan fingerprint density at radius 2 is 2.13 bits per heavy atom. The van der Waals surface area contributed by atoms with Gasteiger partial charge in [-0.05, 0) is 25.2 Å². The monoisotopic (exact) mass is 231 g/mol. The molecule has 15 heavy (non-hydrogen) atoms. The fourth-order valence-corrected chi connectivity index (χ4v) is 2.09. The highest BCUT2D eigenvalue weighted by atomic mass is 35.5. The van der Waals surface area contributed by atoms with Crippen molar-refractivity contribution in [1.29, 1.82) is 0 Å². The first-order valence-corrected chi connectivity index (χ1v) is 6.65. The Hall–Kier alpha value is -0.240. The second kappa shape index (κ2) is 7.10. The van der Waals surface area contributed by atoms with Crippen LogP contribution in [0.3, 0.4) is 0 Å². The molecule has 0 N–H and O–H groups in total. The van der Waals surface area contributed by atoms with Crippen molar-refractivity contribution in [3.8, 4) is 0 Å². The molecule has 3 heteroatoms. The summed E-state index contributed by atoms with van der Waals surface area (Å²) in [6.07, 6.45) is 6.77. The smallest absolute Gasteiger partial charge is 0.222 e. The number of rotatable bonds is 7. The van der Waals surface area contributed by atoms with Crippen LogP contribution in [0.2, 0.25) is 0 Å². The number of unbranched alkanes of at least 4 members (excludes halogenated alkanes) is 1. The van der Waals surface area contributed by atoms with Crippen molar-refractivity contribution >= 4 is 17.5 Å². The van der Waals surface area contributed by atoms with Crippen LogP contribution in [0.25, 0.3) is 0 Å². The van der Waals surface area contributed by atoms with Gasteiger partial charge in [-0.2, -0.15) is 0 Å². The number of alkyl halides is 1. The largest absolute Gasteiger partial charge is 0.342 e. The van der Waals surface area contributed by atoms with Gasteiger partial charge in [-0.15, -0.1) is 11.6 Å². The third kappa shape index (κ3) is 4.42. The van der Waals surface area contributed by atoms with Gasteiger partial charge in [0.15, 0.2) is 0 Å². The first-order chi connectivity index (χ1) is 7.27. The number of halogens is 1. The van der Waals surface area contributed by atoms with Crippen molar-refractivity contribution in [2.75, 3.05) is 19.0 Å². The zero-order valence-corrected chi connectivity index (χ0v) is 10.4. The third-order valence-electron chi connectivity index (χ3n) is 3.18. The number of amides is 1. The summed E-state index contributed by atoms with van der Waals surface area (Å²) in [5.41, 5.74) is 0. The average Bonchev–Trinajstić information content (AvgIpc) is 2.18. The summed E-state index contributed by atoms with van der Waals surface area (Å²) in [7, 11) is 0. The van der Waals surface area contributed by atoms with Crippen LogP contribution in [0.15, 0.2) is 0 Å². The maximum Gasteiger partial charge on any atom is 0.222 e. The molecule has 0 bridgehead atoms. The van der Waals surface area contributed by atoms with E-state index in [1.165, 1.54) is 19.3 Å².